The van der Waals surface area contributed by atoms with Crippen LogP contribution in [0.5, 0.6) is 0 Å². The number of rotatable bonds is 3. The fraction of sp³-hybridized carbons (Fsp3) is 0.500. The molecule has 2 aromatic rings. The summed E-state index contributed by atoms with van der Waals surface area (Å²) in [6.45, 7) is 0.708. The van der Waals surface area contributed by atoms with E-state index in [0.717, 1.165) is 6.42 Å². The Balaban J connectivity index is 1.98. The van der Waals surface area contributed by atoms with Crippen molar-refractivity contribution >= 4 is 5.52 Å². The Kier molecular flexibility index (Phi) is 2.85. The molecule has 2 N–H and O–H groups in total. The smallest absolute Gasteiger partial charge is 0.116 e. The van der Waals surface area contributed by atoms with Crippen molar-refractivity contribution in [1.82, 2.24) is 9.38 Å². The highest BCUT2D eigenvalue weighted by molar-refractivity contribution is 5.49. The van der Waals surface area contributed by atoms with Crippen LogP contribution in [0.2, 0.25) is 0 Å². The van der Waals surface area contributed by atoms with Crippen LogP contribution in [0.4, 0.5) is 0 Å². The van der Waals surface area contributed by atoms with E-state index in [2.05, 4.69) is 27.7 Å². The largest absolute Gasteiger partial charge is 0.330 e. The molecule has 0 amide bonds. The maximum atomic E-state index is 5.59. The third-order valence-electron chi connectivity index (χ3n) is 3.78. The van der Waals surface area contributed by atoms with Gasteiger partial charge in [0.25, 0.3) is 0 Å². The van der Waals surface area contributed by atoms with E-state index in [1.54, 1.807) is 0 Å². The molecule has 3 rings (SSSR count). The van der Waals surface area contributed by atoms with E-state index in [-0.39, 0.29) is 0 Å². The highest BCUT2D eigenvalue weighted by Crippen LogP contribution is 2.33. The molecule has 3 heteroatoms. The molecule has 2 aromatic heterocycles. The third-order valence-corrected chi connectivity index (χ3v) is 3.78. The number of fused-ring (bicyclic) bond motifs is 1. The normalized spacial score (nSPS) is 17.0. The molecule has 17 heavy (non-hydrogen) atoms. The average Bonchev–Trinajstić information content (AvgIpc) is 2.96. The predicted octanol–water partition coefficient (Wildman–Crippen LogP) is 2.49. The van der Waals surface area contributed by atoms with Gasteiger partial charge in [-0.25, -0.2) is 4.98 Å². The maximum absolute atomic E-state index is 5.59. The van der Waals surface area contributed by atoms with Crippen molar-refractivity contribution in [2.24, 2.45) is 5.73 Å². The van der Waals surface area contributed by atoms with E-state index < -0.39 is 0 Å². The minimum Gasteiger partial charge on any atom is -0.330 e. The van der Waals surface area contributed by atoms with Crippen LogP contribution in [0, 0.1) is 0 Å². The zero-order chi connectivity index (χ0) is 11.7. The monoisotopic (exact) mass is 229 g/mol. The van der Waals surface area contributed by atoms with Crippen molar-refractivity contribution in [3.8, 4) is 0 Å². The van der Waals surface area contributed by atoms with Gasteiger partial charge in [-0.3, -0.25) is 0 Å². The Labute approximate surface area is 102 Å². The van der Waals surface area contributed by atoms with Gasteiger partial charge in [0.15, 0.2) is 0 Å². The first-order valence-electron chi connectivity index (χ1n) is 6.54. The lowest BCUT2D eigenvalue weighted by atomic mass is 10.1. The van der Waals surface area contributed by atoms with Gasteiger partial charge in [-0.15, -0.1) is 0 Å². The van der Waals surface area contributed by atoms with E-state index in [0.29, 0.717) is 12.5 Å². The van der Waals surface area contributed by atoms with Crippen LogP contribution >= 0.6 is 0 Å². The molecule has 0 aliphatic heterocycles. The van der Waals surface area contributed by atoms with Crippen LogP contribution in [0.3, 0.4) is 0 Å². The highest BCUT2D eigenvalue weighted by Gasteiger charge is 2.21. The summed E-state index contributed by atoms with van der Waals surface area (Å²) in [6.07, 6.45) is 10.4. The summed E-state index contributed by atoms with van der Waals surface area (Å²) in [5.74, 6) is 1.91. The standard InChI is InChI=1S/C14H19N3/c15-7-5-11-6-8-17-13(9-11)10-16-14(17)12-3-1-2-4-12/h6,8-10,12H,1-5,7,15H2. The summed E-state index contributed by atoms with van der Waals surface area (Å²) in [5.41, 5.74) is 8.10. The molecule has 0 radical (unpaired) electrons. The van der Waals surface area contributed by atoms with Crippen LogP contribution in [-0.2, 0) is 6.42 Å². The topological polar surface area (TPSA) is 43.3 Å². The van der Waals surface area contributed by atoms with E-state index >= 15 is 0 Å². The number of nitrogens with two attached hydrogens (primary N) is 1. The number of aromatic nitrogens is 2. The molecular formula is C14H19N3. The highest BCUT2D eigenvalue weighted by atomic mass is 15.0. The first-order chi connectivity index (χ1) is 8.38. The lowest BCUT2D eigenvalue weighted by Gasteiger charge is -2.08. The maximum Gasteiger partial charge on any atom is 0.116 e. The molecule has 1 fully saturated rings. The van der Waals surface area contributed by atoms with Crippen molar-refractivity contribution in [2.75, 3.05) is 6.54 Å². The molecule has 0 saturated heterocycles. The van der Waals surface area contributed by atoms with E-state index in [9.17, 15) is 0 Å². The molecule has 0 atom stereocenters. The van der Waals surface area contributed by atoms with E-state index in [1.807, 2.05) is 6.20 Å². The van der Waals surface area contributed by atoms with Crippen molar-refractivity contribution in [2.45, 2.75) is 38.0 Å². The van der Waals surface area contributed by atoms with Gasteiger partial charge in [0.2, 0.25) is 0 Å². The van der Waals surface area contributed by atoms with Gasteiger partial charge in [-0.1, -0.05) is 12.8 Å². The molecule has 0 aromatic carbocycles. The average molecular weight is 229 g/mol. The minimum atomic E-state index is 0.665. The zero-order valence-electron chi connectivity index (χ0n) is 10.1. The van der Waals surface area contributed by atoms with Crippen LogP contribution < -0.4 is 5.73 Å². The van der Waals surface area contributed by atoms with Gasteiger partial charge in [-0.05, 0) is 43.5 Å². The molecule has 1 aliphatic carbocycles. The summed E-state index contributed by atoms with van der Waals surface area (Å²) in [7, 11) is 0. The predicted molar refractivity (Wildman–Crippen MR) is 69.2 cm³/mol. The van der Waals surface area contributed by atoms with Gasteiger partial charge in [0.05, 0.1) is 11.7 Å². The SMILES string of the molecule is NCCc1ccn2c(C3CCCC3)ncc2c1. The van der Waals surface area contributed by atoms with Gasteiger partial charge in [-0.2, -0.15) is 0 Å². The fourth-order valence-corrected chi connectivity index (χ4v) is 2.87. The molecule has 2 heterocycles. The molecule has 90 valence electrons. The minimum absolute atomic E-state index is 0.665. The van der Waals surface area contributed by atoms with Crippen LogP contribution in [0.25, 0.3) is 5.52 Å². The van der Waals surface area contributed by atoms with Crippen molar-refractivity contribution in [3.05, 3.63) is 35.9 Å². The third kappa shape index (κ3) is 1.95. The van der Waals surface area contributed by atoms with Gasteiger partial charge in [0.1, 0.15) is 5.82 Å². The molecule has 1 aliphatic rings. The summed E-state index contributed by atoms with van der Waals surface area (Å²) >= 11 is 0. The van der Waals surface area contributed by atoms with E-state index in [1.165, 1.54) is 42.6 Å². The summed E-state index contributed by atoms with van der Waals surface area (Å²) in [4.78, 5) is 4.61. The van der Waals surface area contributed by atoms with Crippen LogP contribution in [0.1, 0.15) is 43.0 Å². The van der Waals surface area contributed by atoms with E-state index in [4.69, 9.17) is 5.73 Å². The molecule has 1 saturated carbocycles. The van der Waals surface area contributed by atoms with Crippen molar-refractivity contribution in [1.29, 1.82) is 0 Å². The quantitative estimate of drug-likeness (QED) is 0.878. The fourth-order valence-electron chi connectivity index (χ4n) is 2.87. The molecule has 0 spiro atoms. The second-order valence-electron chi connectivity index (χ2n) is 4.97. The second kappa shape index (κ2) is 4.49. The van der Waals surface area contributed by atoms with Gasteiger partial charge >= 0.3 is 0 Å². The number of hydrogen-bond donors (Lipinski definition) is 1. The summed E-state index contributed by atoms with van der Waals surface area (Å²) < 4.78 is 2.25. The van der Waals surface area contributed by atoms with Crippen molar-refractivity contribution < 1.29 is 0 Å². The van der Waals surface area contributed by atoms with Crippen molar-refractivity contribution in [3.63, 3.8) is 0 Å². The first kappa shape index (κ1) is 10.8. The lowest BCUT2D eigenvalue weighted by molar-refractivity contribution is 0.665. The first-order valence-corrected chi connectivity index (χ1v) is 6.54. The molecule has 0 unspecified atom stereocenters. The second-order valence-corrected chi connectivity index (χ2v) is 4.97. The van der Waals surface area contributed by atoms with Crippen LogP contribution in [0.15, 0.2) is 24.5 Å². The number of hydrogen-bond acceptors (Lipinski definition) is 2. The number of pyridine rings is 1. The Morgan fingerprint density at radius 1 is 1.35 bits per heavy atom. The van der Waals surface area contributed by atoms with Gasteiger partial charge in [0, 0.05) is 12.1 Å². The zero-order valence-corrected chi connectivity index (χ0v) is 10.1. The van der Waals surface area contributed by atoms with Gasteiger partial charge < -0.3 is 10.1 Å². The number of imidazole rings is 1. The summed E-state index contributed by atoms with van der Waals surface area (Å²) in [6, 6.07) is 4.37. The molecule has 3 nitrogen and oxygen atoms in total. The Morgan fingerprint density at radius 2 is 2.18 bits per heavy atom. The Bertz CT molecular complexity index is 509. The van der Waals surface area contributed by atoms with Crippen LogP contribution in [-0.4, -0.2) is 15.9 Å². The lowest BCUT2D eigenvalue weighted by Crippen LogP contribution is -2.04. The number of nitrogens with zero attached hydrogens (tertiary/aromatic N) is 2. The Morgan fingerprint density at radius 3 is 2.94 bits per heavy atom. The Hall–Kier alpha value is -1.35. The molecule has 0 bridgehead atoms. The molecular weight excluding hydrogens is 210 g/mol. The summed E-state index contributed by atoms with van der Waals surface area (Å²) in [5, 5.41) is 0.